The van der Waals surface area contributed by atoms with Gasteiger partial charge in [-0.25, -0.2) is 0 Å². The summed E-state index contributed by atoms with van der Waals surface area (Å²) in [6, 6.07) is 29.1. The van der Waals surface area contributed by atoms with Gasteiger partial charge in [-0.05, 0) is 55.5 Å². The maximum absolute atomic E-state index is 11.9. The minimum atomic E-state index is -0.577. The Labute approximate surface area is 188 Å². The van der Waals surface area contributed by atoms with Gasteiger partial charge in [0.15, 0.2) is 14.7 Å². The Morgan fingerprint density at radius 2 is 1.34 bits per heavy atom. The molecule has 5 heteroatoms. The zero-order chi connectivity index (χ0) is 20.6. The van der Waals surface area contributed by atoms with E-state index in [1.165, 1.54) is 14.7 Å². The van der Waals surface area contributed by atoms with E-state index in [2.05, 4.69) is 60.7 Å². The number of hydrogen-bond acceptors (Lipinski definition) is 3. The average molecular weight is 519 g/mol. The Kier molecular flexibility index (Phi) is 8.00. The number of alkyl halides is 1. The minimum absolute atomic E-state index is 0.195. The largest absolute Gasteiger partial charge is 0.455 e. The molecule has 0 radical (unpaired) electrons. The first-order chi connectivity index (χ1) is 14.1. The topological polar surface area (TPSA) is 35.5 Å². The van der Waals surface area contributed by atoms with E-state index in [0.29, 0.717) is 12.2 Å². The predicted octanol–water partition coefficient (Wildman–Crippen LogP) is 6.26. The third-order valence-corrected chi connectivity index (χ3v) is 6.93. The second kappa shape index (κ2) is 10.7. The van der Waals surface area contributed by atoms with Crippen molar-refractivity contribution in [1.82, 2.24) is 0 Å². The van der Waals surface area contributed by atoms with Crippen LogP contribution in [0.15, 0.2) is 99.6 Å². The molecule has 0 N–H and O–H groups in total. The van der Waals surface area contributed by atoms with Gasteiger partial charge in [-0.1, -0.05) is 65.9 Å². The van der Waals surface area contributed by atoms with Crippen molar-refractivity contribution in [2.45, 2.75) is 45.2 Å². The molecule has 0 aliphatic carbocycles. The fourth-order valence-electron chi connectivity index (χ4n) is 2.74. The van der Waals surface area contributed by atoms with E-state index >= 15 is 0 Å². The molecule has 150 valence electrons. The molecular formula is C24H24IO3S+. The summed E-state index contributed by atoms with van der Waals surface area (Å²) >= 11 is 2.04. The highest BCUT2D eigenvalue weighted by molar-refractivity contribution is 14.1. The van der Waals surface area contributed by atoms with Crippen LogP contribution in [0.5, 0.6) is 5.75 Å². The number of benzene rings is 3. The van der Waals surface area contributed by atoms with Gasteiger partial charge >= 0.3 is 5.97 Å². The van der Waals surface area contributed by atoms with Crippen LogP contribution in [0.2, 0.25) is 0 Å². The van der Waals surface area contributed by atoms with Gasteiger partial charge in [-0.2, -0.15) is 0 Å². The summed E-state index contributed by atoms with van der Waals surface area (Å²) in [5.41, 5.74) is 0. The Bertz CT molecular complexity index is 859. The Balaban J connectivity index is 1.82. The van der Waals surface area contributed by atoms with E-state index in [4.69, 9.17) is 9.47 Å². The molecule has 3 nitrogen and oxygen atoms in total. The summed E-state index contributed by atoms with van der Waals surface area (Å²) in [5.74, 6) is 0.433. The molecule has 0 spiro atoms. The van der Waals surface area contributed by atoms with Gasteiger partial charge in [0, 0.05) is 6.42 Å². The molecule has 3 aromatic carbocycles. The molecule has 2 unspecified atom stereocenters. The maximum Gasteiger partial charge on any atom is 0.321 e. The smallest absolute Gasteiger partial charge is 0.321 e. The first kappa shape index (κ1) is 21.7. The lowest BCUT2D eigenvalue weighted by Crippen LogP contribution is -2.27. The number of hydrogen-bond donors (Lipinski definition) is 0. The lowest BCUT2D eigenvalue weighted by molar-refractivity contribution is -0.162. The molecule has 0 aromatic heterocycles. The fraction of sp³-hybridized carbons (Fsp3) is 0.208. The Morgan fingerprint density at radius 1 is 0.862 bits per heavy atom. The normalized spacial score (nSPS) is 13.0. The van der Waals surface area contributed by atoms with E-state index in [1.807, 2.05) is 53.8 Å². The van der Waals surface area contributed by atoms with Crippen LogP contribution in [-0.2, 0) is 20.4 Å². The van der Waals surface area contributed by atoms with E-state index in [9.17, 15) is 4.79 Å². The van der Waals surface area contributed by atoms with Gasteiger partial charge in [-0.15, -0.1) is 0 Å². The summed E-state index contributed by atoms with van der Waals surface area (Å²) in [6.07, 6.45) is 0.0157. The standard InChI is InChI=1S/C24H24IO3S/c1-3-23(28-24(26)18(2)25)27-19-14-16-22(17-15-19)29(20-10-6-4-7-11-20)21-12-8-5-9-13-21/h4-18,23H,3H2,1-2H3/q+1. The lowest BCUT2D eigenvalue weighted by atomic mass is 10.3. The highest BCUT2D eigenvalue weighted by atomic mass is 127. The number of rotatable bonds is 8. The molecule has 3 aromatic rings. The van der Waals surface area contributed by atoms with Crippen LogP contribution in [0.25, 0.3) is 0 Å². The van der Waals surface area contributed by atoms with Crippen molar-refractivity contribution in [2.24, 2.45) is 0 Å². The third-order valence-electron chi connectivity index (χ3n) is 4.19. The van der Waals surface area contributed by atoms with Crippen molar-refractivity contribution >= 4 is 39.5 Å². The maximum atomic E-state index is 11.9. The molecule has 3 rings (SSSR count). The van der Waals surface area contributed by atoms with E-state index in [0.717, 1.165) is 0 Å². The number of ether oxygens (including phenoxy) is 2. The summed E-state index contributed by atoms with van der Waals surface area (Å²) in [5, 5.41) is 0. The predicted molar refractivity (Wildman–Crippen MR) is 126 cm³/mol. The van der Waals surface area contributed by atoms with Crippen molar-refractivity contribution in [1.29, 1.82) is 0 Å². The molecule has 0 saturated heterocycles. The van der Waals surface area contributed by atoms with Gasteiger partial charge in [0.2, 0.25) is 6.29 Å². The molecule has 0 aliphatic heterocycles. The quantitative estimate of drug-likeness (QED) is 0.116. The first-order valence-corrected chi connectivity index (χ1v) is 12.0. The number of esters is 1. The zero-order valence-electron chi connectivity index (χ0n) is 16.5. The number of halogens is 1. The second-order valence-corrected chi connectivity index (χ2v) is 10.3. The second-order valence-electron chi connectivity index (χ2n) is 6.41. The van der Waals surface area contributed by atoms with Crippen LogP contribution in [0, 0.1) is 0 Å². The van der Waals surface area contributed by atoms with E-state index < -0.39 is 6.29 Å². The van der Waals surface area contributed by atoms with Gasteiger partial charge < -0.3 is 9.47 Å². The van der Waals surface area contributed by atoms with Crippen LogP contribution in [-0.4, -0.2) is 16.2 Å². The molecule has 2 atom stereocenters. The molecule has 0 saturated carbocycles. The molecule has 29 heavy (non-hydrogen) atoms. The van der Waals surface area contributed by atoms with Gasteiger partial charge in [-0.3, -0.25) is 4.79 Å². The molecule has 0 fully saturated rings. The summed E-state index contributed by atoms with van der Waals surface area (Å²) < 4.78 is 11.1. The van der Waals surface area contributed by atoms with Crippen molar-refractivity contribution in [3.05, 3.63) is 84.9 Å². The molecular weight excluding hydrogens is 495 g/mol. The van der Waals surface area contributed by atoms with Crippen LogP contribution >= 0.6 is 22.6 Å². The van der Waals surface area contributed by atoms with Gasteiger partial charge in [0.25, 0.3) is 0 Å². The molecule has 0 aliphatic rings. The van der Waals surface area contributed by atoms with Crippen molar-refractivity contribution in [3.63, 3.8) is 0 Å². The van der Waals surface area contributed by atoms with E-state index in [1.54, 1.807) is 6.92 Å². The SMILES string of the molecule is CCC(OC(=O)C(C)I)Oc1ccc([S+](c2ccccc2)c2ccccc2)cc1. The lowest BCUT2D eigenvalue weighted by Gasteiger charge is -2.18. The van der Waals surface area contributed by atoms with Crippen molar-refractivity contribution < 1.29 is 14.3 Å². The third kappa shape index (κ3) is 6.00. The highest BCUT2D eigenvalue weighted by Crippen LogP contribution is 2.32. The minimum Gasteiger partial charge on any atom is -0.455 e. The molecule has 0 bridgehead atoms. The van der Waals surface area contributed by atoms with Crippen molar-refractivity contribution in [3.8, 4) is 5.75 Å². The Hall–Kier alpha value is -1.99. The first-order valence-electron chi connectivity index (χ1n) is 9.54. The molecule has 0 amide bonds. The Morgan fingerprint density at radius 3 is 1.79 bits per heavy atom. The monoisotopic (exact) mass is 519 g/mol. The summed E-state index contributed by atoms with van der Waals surface area (Å²) in [7, 11) is -0.195. The van der Waals surface area contributed by atoms with Crippen LogP contribution < -0.4 is 4.74 Å². The average Bonchev–Trinajstić information content (AvgIpc) is 2.76. The van der Waals surface area contributed by atoms with Crippen molar-refractivity contribution in [2.75, 3.05) is 0 Å². The van der Waals surface area contributed by atoms with Crippen LogP contribution in [0.1, 0.15) is 20.3 Å². The number of carbonyl (C=O) groups excluding carboxylic acids is 1. The summed E-state index contributed by atoms with van der Waals surface area (Å²) in [4.78, 5) is 15.6. The van der Waals surface area contributed by atoms with Gasteiger partial charge in [0.05, 0.1) is 10.9 Å². The summed E-state index contributed by atoms with van der Waals surface area (Å²) in [6.45, 7) is 3.74. The number of carbonyl (C=O) groups is 1. The highest BCUT2D eigenvalue weighted by Gasteiger charge is 2.28. The zero-order valence-corrected chi connectivity index (χ0v) is 19.4. The van der Waals surface area contributed by atoms with Gasteiger partial charge in [0.1, 0.15) is 9.67 Å². The van der Waals surface area contributed by atoms with E-state index in [-0.39, 0.29) is 20.8 Å². The molecule has 0 heterocycles. The fourth-order valence-corrected chi connectivity index (χ4v) is 4.97. The van der Waals surface area contributed by atoms with Crippen LogP contribution in [0.4, 0.5) is 0 Å². The van der Waals surface area contributed by atoms with Crippen LogP contribution in [0.3, 0.4) is 0 Å².